The summed E-state index contributed by atoms with van der Waals surface area (Å²) in [6.45, 7) is 9.88. The van der Waals surface area contributed by atoms with Crippen molar-refractivity contribution in [2.45, 2.75) is 39.2 Å². The number of hydrogen-bond acceptors (Lipinski definition) is 3. The lowest BCUT2D eigenvalue weighted by Gasteiger charge is -2.27. The van der Waals surface area contributed by atoms with Gasteiger partial charge in [0.1, 0.15) is 5.75 Å². The molecule has 118 valence electrons. The SMILES string of the molecule is CC(C)Oc1ccc(CCCCN2CCNCC2)cc1Cl. The first-order valence-electron chi connectivity index (χ1n) is 8.03. The van der Waals surface area contributed by atoms with E-state index in [1.807, 2.05) is 26.0 Å². The summed E-state index contributed by atoms with van der Waals surface area (Å²) in [5, 5.41) is 4.11. The van der Waals surface area contributed by atoms with Crippen LogP contribution in [0.25, 0.3) is 0 Å². The molecule has 0 aliphatic carbocycles. The first-order chi connectivity index (χ1) is 10.1. The predicted molar refractivity (Wildman–Crippen MR) is 89.5 cm³/mol. The van der Waals surface area contributed by atoms with Crippen molar-refractivity contribution in [1.82, 2.24) is 10.2 Å². The van der Waals surface area contributed by atoms with E-state index in [2.05, 4.69) is 16.3 Å². The van der Waals surface area contributed by atoms with Gasteiger partial charge in [-0.25, -0.2) is 0 Å². The number of rotatable bonds is 7. The Hall–Kier alpha value is -0.770. The van der Waals surface area contributed by atoms with Gasteiger partial charge in [0.2, 0.25) is 0 Å². The molecule has 1 aliphatic rings. The van der Waals surface area contributed by atoms with Gasteiger partial charge in [0, 0.05) is 26.2 Å². The minimum atomic E-state index is 0.160. The van der Waals surface area contributed by atoms with Crippen LogP contribution in [0.3, 0.4) is 0 Å². The Labute approximate surface area is 133 Å². The lowest BCUT2D eigenvalue weighted by Crippen LogP contribution is -2.43. The second kappa shape index (κ2) is 8.62. The number of halogens is 1. The van der Waals surface area contributed by atoms with Crippen molar-refractivity contribution in [3.63, 3.8) is 0 Å². The van der Waals surface area contributed by atoms with E-state index in [-0.39, 0.29) is 6.10 Å². The molecular weight excluding hydrogens is 284 g/mol. The van der Waals surface area contributed by atoms with E-state index in [9.17, 15) is 0 Å². The molecule has 0 radical (unpaired) electrons. The van der Waals surface area contributed by atoms with Crippen LogP contribution in [0.4, 0.5) is 0 Å². The van der Waals surface area contributed by atoms with Crippen LogP contribution in [0.15, 0.2) is 18.2 Å². The molecule has 0 atom stereocenters. The van der Waals surface area contributed by atoms with E-state index in [1.165, 1.54) is 38.0 Å². The minimum Gasteiger partial charge on any atom is -0.489 e. The van der Waals surface area contributed by atoms with Crippen LogP contribution in [0, 0.1) is 0 Å². The molecule has 1 fully saturated rings. The molecule has 1 aromatic carbocycles. The van der Waals surface area contributed by atoms with Gasteiger partial charge in [-0.05, 0) is 57.4 Å². The summed E-state index contributed by atoms with van der Waals surface area (Å²) < 4.78 is 5.66. The van der Waals surface area contributed by atoms with E-state index in [4.69, 9.17) is 16.3 Å². The zero-order valence-electron chi connectivity index (χ0n) is 13.2. The van der Waals surface area contributed by atoms with Gasteiger partial charge in [0.25, 0.3) is 0 Å². The first-order valence-corrected chi connectivity index (χ1v) is 8.41. The highest BCUT2D eigenvalue weighted by atomic mass is 35.5. The number of piperazine rings is 1. The van der Waals surface area contributed by atoms with Crippen LogP contribution in [0.2, 0.25) is 5.02 Å². The minimum absolute atomic E-state index is 0.160. The fourth-order valence-corrected chi connectivity index (χ4v) is 2.90. The van der Waals surface area contributed by atoms with E-state index < -0.39 is 0 Å². The molecule has 0 saturated carbocycles. The molecule has 0 bridgehead atoms. The zero-order chi connectivity index (χ0) is 15.1. The Bertz CT molecular complexity index is 431. The topological polar surface area (TPSA) is 24.5 Å². The van der Waals surface area contributed by atoms with Gasteiger partial charge in [-0.2, -0.15) is 0 Å². The molecule has 1 saturated heterocycles. The highest BCUT2D eigenvalue weighted by Crippen LogP contribution is 2.27. The number of unbranched alkanes of at least 4 members (excludes halogenated alkanes) is 1. The summed E-state index contributed by atoms with van der Waals surface area (Å²) in [7, 11) is 0. The van der Waals surface area contributed by atoms with Gasteiger partial charge in [-0.1, -0.05) is 17.7 Å². The predicted octanol–water partition coefficient (Wildman–Crippen LogP) is 3.36. The molecule has 21 heavy (non-hydrogen) atoms. The Morgan fingerprint density at radius 3 is 2.67 bits per heavy atom. The Kier molecular flexibility index (Phi) is 6.81. The van der Waals surface area contributed by atoms with E-state index >= 15 is 0 Å². The van der Waals surface area contributed by atoms with Crippen molar-refractivity contribution < 1.29 is 4.74 Å². The molecule has 1 aliphatic heterocycles. The number of nitrogens with one attached hydrogen (secondary N) is 1. The van der Waals surface area contributed by atoms with Crippen LogP contribution in [-0.4, -0.2) is 43.7 Å². The smallest absolute Gasteiger partial charge is 0.138 e. The second-order valence-electron chi connectivity index (χ2n) is 5.98. The first kappa shape index (κ1) is 16.6. The fourth-order valence-electron chi connectivity index (χ4n) is 2.65. The molecule has 0 spiro atoms. The number of nitrogens with zero attached hydrogens (tertiary/aromatic N) is 1. The summed E-state index contributed by atoms with van der Waals surface area (Å²) in [6.07, 6.45) is 3.72. The Balaban J connectivity index is 1.71. The summed E-state index contributed by atoms with van der Waals surface area (Å²) in [4.78, 5) is 2.54. The molecule has 1 heterocycles. The van der Waals surface area contributed by atoms with Gasteiger partial charge in [0.15, 0.2) is 0 Å². The standard InChI is InChI=1S/C17H27ClN2O/c1-14(2)21-17-7-6-15(13-16(17)18)5-3-4-10-20-11-8-19-9-12-20/h6-7,13-14,19H,3-5,8-12H2,1-2H3. The van der Waals surface area contributed by atoms with Crippen molar-refractivity contribution in [1.29, 1.82) is 0 Å². The van der Waals surface area contributed by atoms with Gasteiger partial charge < -0.3 is 15.0 Å². The maximum absolute atomic E-state index is 6.27. The monoisotopic (exact) mass is 310 g/mol. The summed E-state index contributed by atoms with van der Waals surface area (Å²) in [5.41, 5.74) is 1.30. The van der Waals surface area contributed by atoms with Crippen LogP contribution in [-0.2, 0) is 6.42 Å². The molecule has 2 rings (SSSR count). The van der Waals surface area contributed by atoms with Gasteiger partial charge in [0.05, 0.1) is 11.1 Å². The number of hydrogen-bond donors (Lipinski definition) is 1. The van der Waals surface area contributed by atoms with E-state index in [0.717, 1.165) is 30.3 Å². The summed E-state index contributed by atoms with van der Waals surface area (Å²) in [6, 6.07) is 6.17. The normalized spacial score (nSPS) is 16.4. The van der Waals surface area contributed by atoms with Crippen molar-refractivity contribution in [3.05, 3.63) is 28.8 Å². The summed E-state index contributed by atoms with van der Waals surface area (Å²) >= 11 is 6.27. The third-order valence-electron chi connectivity index (χ3n) is 3.76. The Morgan fingerprint density at radius 1 is 1.24 bits per heavy atom. The zero-order valence-corrected chi connectivity index (χ0v) is 14.0. The number of benzene rings is 1. The average molecular weight is 311 g/mol. The highest BCUT2D eigenvalue weighted by molar-refractivity contribution is 6.32. The van der Waals surface area contributed by atoms with Crippen molar-refractivity contribution in [2.75, 3.05) is 32.7 Å². The maximum atomic E-state index is 6.27. The van der Waals surface area contributed by atoms with Crippen LogP contribution >= 0.6 is 11.6 Å². The third kappa shape index (κ3) is 5.85. The van der Waals surface area contributed by atoms with Crippen molar-refractivity contribution >= 4 is 11.6 Å². The molecule has 0 unspecified atom stereocenters. The largest absolute Gasteiger partial charge is 0.489 e. The van der Waals surface area contributed by atoms with E-state index in [0.29, 0.717) is 0 Å². The summed E-state index contributed by atoms with van der Waals surface area (Å²) in [5.74, 6) is 0.788. The number of ether oxygens (including phenoxy) is 1. The molecule has 1 N–H and O–H groups in total. The lowest BCUT2D eigenvalue weighted by atomic mass is 10.1. The maximum Gasteiger partial charge on any atom is 0.138 e. The van der Waals surface area contributed by atoms with Crippen LogP contribution in [0.5, 0.6) is 5.75 Å². The molecule has 0 amide bonds. The van der Waals surface area contributed by atoms with Crippen LogP contribution in [0.1, 0.15) is 32.3 Å². The van der Waals surface area contributed by atoms with E-state index in [1.54, 1.807) is 0 Å². The van der Waals surface area contributed by atoms with Gasteiger partial charge in [-0.15, -0.1) is 0 Å². The lowest BCUT2D eigenvalue weighted by molar-refractivity contribution is 0.237. The molecule has 3 nitrogen and oxygen atoms in total. The van der Waals surface area contributed by atoms with Crippen LogP contribution < -0.4 is 10.1 Å². The average Bonchev–Trinajstić information content (AvgIpc) is 2.47. The number of aryl methyl sites for hydroxylation is 1. The Morgan fingerprint density at radius 2 is 2.00 bits per heavy atom. The molecule has 1 aromatic rings. The molecule has 4 heteroatoms. The highest BCUT2D eigenvalue weighted by Gasteiger charge is 2.09. The second-order valence-corrected chi connectivity index (χ2v) is 6.39. The van der Waals surface area contributed by atoms with Crippen molar-refractivity contribution in [3.8, 4) is 5.75 Å². The van der Waals surface area contributed by atoms with Gasteiger partial charge >= 0.3 is 0 Å². The fraction of sp³-hybridized carbons (Fsp3) is 0.647. The third-order valence-corrected chi connectivity index (χ3v) is 4.05. The quantitative estimate of drug-likeness (QED) is 0.782. The van der Waals surface area contributed by atoms with Gasteiger partial charge in [-0.3, -0.25) is 0 Å². The molecular formula is C17H27ClN2O. The molecule has 0 aromatic heterocycles. The van der Waals surface area contributed by atoms with Crippen molar-refractivity contribution in [2.24, 2.45) is 0 Å².